The second-order valence-electron chi connectivity index (χ2n) is 6.74. The molecule has 28 heavy (non-hydrogen) atoms. The van der Waals surface area contributed by atoms with Gasteiger partial charge < -0.3 is 10.5 Å². The van der Waals surface area contributed by atoms with E-state index in [1.807, 2.05) is 69.4 Å². The van der Waals surface area contributed by atoms with E-state index in [9.17, 15) is 0 Å². The molecule has 0 aromatic heterocycles. The lowest BCUT2D eigenvalue weighted by Gasteiger charge is -2.15. The molecule has 0 heterocycles. The largest absolute Gasteiger partial charge is 0.457 e. The lowest BCUT2D eigenvalue weighted by Crippen LogP contribution is -2.08. The predicted molar refractivity (Wildman–Crippen MR) is 121 cm³/mol. The first-order valence-electron chi connectivity index (χ1n) is 9.63. The Hall–Kier alpha value is -3.07. The van der Waals surface area contributed by atoms with E-state index in [1.54, 1.807) is 0 Å². The maximum Gasteiger partial charge on any atom is 0.127 e. The van der Waals surface area contributed by atoms with Crippen molar-refractivity contribution in [3.8, 4) is 11.5 Å². The first-order chi connectivity index (χ1) is 13.5. The monoisotopic (exact) mass is 374 g/mol. The van der Waals surface area contributed by atoms with Crippen LogP contribution >= 0.6 is 0 Å². The number of nitrogens with two attached hydrogens (primary N) is 1. The molecule has 2 rings (SSSR count). The molecule has 2 N–H and O–H groups in total. The molecule has 0 saturated heterocycles. The minimum absolute atomic E-state index is 0.751. The van der Waals surface area contributed by atoms with Crippen LogP contribution in [0.15, 0.2) is 88.7 Å². The number of hydrogen-bond donors (Lipinski definition) is 1. The number of benzene rings is 2. The number of nitrogens with zero attached hydrogens (tertiary/aromatic N) is 1. The highest BCUT2D eigenvalue weighted by Crippen LogP contribution is 2.29. The van der Waals surface area contributed by atoms with E-state index in [1.165, 1.54) is 5.57 Å². The van der Waals surface area contributed by atoms with Crippen LogP contribution in [-0.2, 0) is 0 Å². The Morgan fingerprint density at radius 1 is 0.964 bits per heavy atom. The number of ether oxygens (including phenoxy) is 1. The van der Waals surface area contributed by atoms with Crippen molar-refractivity contribution in [1.29, 1.82) is 0 Å². The predicted octanol–water partition coefficient (Wildman–Crippen LogP) is 6.89. The van der Waals surface area contributed by atoms with Gasteiger partial charge in [-0.05, 0) is 69.5 Å². The molecule has 0 bridgehead atoms. The molecule has 0 radical (unpaired) electrons. The van der Waals surface area contributed by atoms with Crippen LogP contribution in [0.2, 0.25) is 0 Å². The van der Waals surface area contributed by atoms with E-state index in [0.717, 1.165) is 46.0 Å². The molecule has 0 aliphatic rings. The average Bonchev–Trinajstić information content (AvgIpc) is 2.71. The highest BCUT2D eigenvalue weighted by Gasteiger charge is 2.13. The minimum atomic E-state index is 0.751. The molecule has 0 fully saturated rings. The minimum Gasteiger partial charge on any atom is -0.457 e. The first-order valence-corrected chi connectivity index (χ1v) is 9.63. The zero-order valence-electron chi connectivity index (χ0n) is 17.5. The third kappa shape index (κ3) is 5.71. The van der Waals surface area contributed by atoms with E-state index >= 15 is 0 Å². The molecule has 0 spiro atoms. The summed E-state index contributed by atoms with van der Waals surface area (Å²) < 4.78 is 5.89. The SMILES string of the molecule is C/C=C(\C(C(C)=NC=C(C)CC)=C(\C)N)c1ccc(Oc2ccccc2)cc1. The highest BCUT2D eigenvalue weighted by atomic mass is 16.5. The third-order valence-corrected chi connectivity index (χ3v) is 4.49. The van der Waals surface area contributed by atoms with Gasteiger partial charge in [0.1, 0.15) is 11.5 Å². The fourth-order valence-electron chi connectivity index (χ4n) is 2.84. The van der Waals surface area contributed by atoms with Crippen LogP contribution in [0.5, 0.6) is 11.5 Å². The topological polar surface area (TPSA) is 47.6 Å². The molecule has 0 amide bonds. The van der Waals surface area contributed by atoms with Crippen molar-refractivity contribution in [1.82, 2.24) is 0 Å². The maximum atomic E-state index is 6.23. The smallest absolute Gasteiger partial charge is 0.127 e. The van der Waals surface area contributed by atoms with Gasteiger partial charge in [0.2, 0.25) is 0 Å². The van der Waals surface area contributed by atoms with Crippen molar-refractivity contribution < 1.29 is 4.74 Å². The van der Waals surface area contributed by atoms with Crippen molar-refractivity contribution >= 4 is 11.3 Å². The summed E-state index contributed by atoms with van der Waals surface area (Å²) in [6.07, 6.45) is 4.98. The van der Waals surface area contributed by atoms with Crippen LogP contribution in [0.4, 0.5) is 0 Å². The van der Waals surface area contributed by atoms with Gasteiger partial charge in [0, 0.05) is 23.2 Å². The number of rotatable bonds is 7. The van der Waals surface area contributed by atoms with Gasteiger partial charge in [-0.1, -0.05) is 48.9 Å². The molecule has 3 heteroatoms. The Morgan fingerprint density at radius 2 is 1.57 bits per heavy atom. The van der Waals surface area contributed by atoms with E-state index in [4.69, 9.17) is 10.5 Å². The fourth-order valence-corrected chi connectivity index (χ4v) is 2.84. The highest BCUT2D eigenvalue weighted by molar-refractivity contribution is 6.12. The van der Waals surface area contributed by atoms with Gasteiger partial charge in [-0.15, -0.1) is 0 Å². The van der Waals surface area contributed by atoms with Crippen molar-refractivity contribution in [2.75, 3.05) is 0 Å². The Balaban J connectivity index is 2.31. The van der Waals surface area contributed by atoms with Crippen LogP contribution in [-0.4, -0.2) is 5.71 Å². The fraction of sp³-hybridized carbons (Fsp3) is 0.240. The third-order valence-electron chi connectivity index (χ3n) is 4.49. The first kappa shape index (κ1) is 21.2. The van der Waals surface area contributed by atoms with Gasteiger partial charge in [0.05, 0.1) is 0 Å². The quantitative estimate of drug-likeness (QED) is 0.424. The molecule has 146 valence electrons. The summed E-state index contributed by atoms with van der Waals surface area (Å²) in [6, 6.07) is 17.8. The number of allylic oxidation sites excluding steroid dienone is 5. The van der Waals surface area contributed by atoms with Gasteiger partial charge in [-0.2, -0.15) is 0 Å². The molecule has 0 unspecified atom stereocenters. The van der Waals surface area contributed by atoms with Crippen LogP contribution in [0.3, 0.4) is 0 Å². The Morgan fingerprint density at radius 3 is 2.11 bits per heavy atom. The normalized spacial score (nSPS) is 14.0. The number of hydrogen-bond acceptors (Lipinski definition) is 3. The van der Waals surface area contributed by atoms with Crippen molar-refractivity contribution in [3.63, 3.8) is 0 Å². The lowest BCUT2D eigenvalue weighted by molar-refractivity contribution is 0.482. The van der Waals surface area contributed by atoms with Crippen LogP contribution in [0.25, 0.3) is 5.57 Å². The van der Waals surface area contributed by atoms with Gasteiger partial charge >= 0.3 is 0 Å². The standard InChI is InChI=1S/C25H30N2O/c1-6-18(3)17-27-20(5)25(19(4)26)24(7-2)21-13-15-23(16-14-21)28-22-11-9-8-10-12-22/h7-17H,6,26H2,1-5H3/b18-17?,24-7-,25-19-,27-20?. The Labute approximate surface area is 169 Å². The molecule has 3 nitrogen and oxygen atoms in total. The van der Waals surface area contributed by atoms with E-state index < -0.39 is 0 Å². The molecule has 2 aromatic rings. The summed E-state index contributed by atoms with van der Waals surface area (Å²) in [4.78, 5) is 4.64. The molecule has 0 saturated carbocycles. The van der Waals surface area contributed by atoms with Gasteiger partial charge in [-0.3, -0.25) is 4.99 Å². The summed E-state index contributed by atoms with van der Waals surface area (Å²) >= 11 is 0. The van der Waals surface area contributed by atoms with Crippen molar-refractivity contribution in [3.05, 3.63) is 89.3 Å². The lowest BCUT2D eigenvalue weighted by atomic mass is 9.93. The summed E-state index contributed by atoms with van der Waals surface area (Å²) in [5, 5.41) is 0. The van der Waals surface area contributed by atoms with Gasteiger partial charge in [0.25, 0.3) is 0 Å². The zero-order chi connectivity index (χ0) is 20.5. The molecular formula is C25H30N2O. The van der Waals surface area contributed by atoms with Crippen LogP contribution < -0.4 is 10.5 Å². The summed E-state index contributed by atoms with van der Waals surface area (Å²) in [5.41, 5.74) is 12.2. The summed E-state index contributed by atoms with van der Waals surface area (Å²) in [5.74, 6) is 1.62. The van der Waals surface area contributed by atoms with Crippen LogP contribution in [0, 0.1) is 0 Å². The second-order valence-corrected chi connectivity index (χ2v) is 6.74. The Bertz CT molecular complexity index is 897. The number of aliphatic imine (C=N–C) groups is 1. The molecule has 2 aromatic carbocycles. The summed E-state index contributed by atoms with van der Waals surface area (Å²) in [6.45, 7) is 10.1. The van der Waals surface area contributed by atoms with Crippen molar-refractivity contribution in [2.45, 2.75) is 41.0 Å². The second kappa shape index (κ2) is 10.3. The van der Waals surface area contributed by atoms with E-state index in [2.05, 4.69) is 37.0 Å². The number of para-hydroxylation sites is 1. The molecule has 0 atom stereocenters. The van der Waals surface area contributed by atoms with E-state index in [-0.39, 0.29) is 0 Å². The van der Waals surface area contributed by atoms with E-state index in [0.29, 0.717) is 0 Å². The maximum absolute atomic E-state index is 6.23. The summed E-state index contributed by atoms with van der Waals surface area (Å²) in [7, 11) is 0. The van der Waals surface area contributed by atoms with Gasteiger partial charge in [0.15, 0.2) is 0 Å². The average molecular weight is 375 g/mol. The molecular weight excluding hydrogens is 344 g/mol. The zero-order valence-corrected chi connectivity index (χ0v) is 17.5. The Kier molecular flexibility index (Phi) is 7.82. The molecule has 0 aliphatic carbocycles. The van der Waals surface area contributed by atoms with Crippen molar-refractivity contribution in [2.24, 2.45) is 10.7 Å². The van der Waals surface area contributed by atoms with Crippen LogP contribution in [0.1, 0.15) is 46.6 Å². The molecule has 0 aliphatic heterocycles. The van der Waals surface area contributed by atoms with Gasteiger partial charge in [-0.25, -0.2) is 0 Å².